The molecule has 18 aromatic rings. The van der Waals surface area contributed by atoms with Gasteiger partial charge in [0.25, 0.3) is 0 Å². The summed E-state index contributed by atoms with van der Waals surface area (Å²) in [6, 6.07) is 102. The summed E-state index contributed by atoms with van der Waals surface area (Å²) in [6.45, 7) is 0. The van der Waals surface area contributed by atoms with Gasteiger partial charge in [-0.05, 0) is 100 Å². The normalized spacial score (nSPS) is 11.9. The molecule has 6 aromatic heterocycles. The SMILES string of the molecule is c1ccc(-c2cc(-c3ccc(-c4nc(-n5c6ccccc6c6ccccc65)nc(-n5c6ccccc6c6ccccc65)n4)cc3)cc(-c3ccc(-c4nc(-n5c6ccccc6c6ccccc65)nc(-n5c6ccccc6c6ccccc65)n4)cc3)c2)cc1. The van der Waals surface area contributed by atoms with Crippen molar-refractivity contribution in [1.29, 1.82) is 0 Å². The minimum absolute atomic E-state index is 0.539. The summed E-state index contributed by atoms with van der Waals surface area (Å²) in [6.07, 6.45) is 0. The fourth-order valence-electron chi connectivity index (χ4n) is 13.3. The van der Waals surface area contributed by atoms with E-state index in [0.29, 0.717) is 35.4 Å². The van der Waals surface area contributed by atoms with Crippen molar-refractivity contribution in [2.45, 2.75) is 0 Å². The third-order valence-corrected chi connectivity index (χ3v) is 17.3. The van der Waals surface area contributed by atoms with Crippen molar-refractivity contribution in [1.82, 2.24) is 48.2 Å². The summed E-state index contributed by atoms with van der Waals surface area (Å²) >= 11 is 0. The first kappa shape index (κ1) is 49.3. The second-order valence-corrected chi connectivity index (χ2v) is 22.3. The van der Waals surface area contributed by atoms with Crippen LogP contribution in [-0.2, 0) is 0 Å². The van der Waals surface area contributed by atoms with Crippen molar-refractivity contribution >= 4 is 87.2 Å². The standard InChI is InChI=1S/C78H48N10/c1-2-20-49(21-3-1)54-46-55(50-38-42-52(43-39-50)73-79-75(85-65-30-12-4-22-57(65)58-23-5-13-31-66(58)85)83-76(80-73)86-67-32-14-6-24-59(67)60-25-7-15-33-68(60)86)48-56(47-54)51-40-44-53(45-41-51)74-81-77(87-69-34-16-8-26-61(69)62-27-9-17-35-70(62)87)84-78(82-74)88-71-36-18-10-28-63(71)64-29-11-19-37-72(64)88/h1-48H. The average Bonchev–Trinajstić information content (AvgIpc) is 2.28. The molecule has 10 heteroatoms. The van der Waals surface area contributed by atoms with Crippen LogP contribution in [0.4, 0.5) is 0 Å². The van der Waals surface area contributed by atoms with Crippen molar-refractivity contribution in [2.75, 3.05) is 0 Å². The Balaban J connectivity index is 0.763. The molecule has 0 atom stereocenters. The van der Waals surface area contributed by atoms with Gasteiger partial charge in [0, 0.05) is 54.2 Å². The highest BCUT2D eigenvalue weighted by molar-refractivity contribution is 6.12. The van der Waals surface area contributed by atoms with Gasteiger partial charge >= 0.3 is 0 Å². The van der Waals surface area contributed by atoms with Crippen molar-refractivity contribution in [3.63, 3.8) is 0 Å². The minimum Gasteiger partial charge on any atom is -0.278 e. The number of hydrogen-bond donors (Lipinski definition) is 0. The van der Waals surface area contributed by atoms with Crippen LogP contribution in [0.15, 0.2) is 291 Å². The lowest BCUT2D eigenvalue weighted by Crippen LogP contribution is -2.10. The summed E-state index contributed by atoms with van der Waals surface area (Å²) in [4.78, 5) is 32.1. The monoisotopic (exact) mass is 1120 g/mol. The van der Waals surface area contributed by atoms with Crippen molar-refractivity contribution in [3.8, 4) is 79.9 Å². The Labute approximate surface area is 503 Å². The Morgan fingerprint density at radius 1 is 0.159 bits per heavy atom. The second-order valence-electron chi connectivity index (χ2n) is 22.3. The molecule has 0 amide bonds. The lowest BCUT2D eigenvalue weighted by atomic mass is 9.92. The molecule has 0 bridgehead atoms. The molecule has 0 fully saturated rings. The van der Waals surface area contributed by atoms with Crippen LogP contribution < -0.4 is 0 Å². The van der Waals surface area contributed by atoms with Crippen LogP contribution in [0.3, 0.4) is 0 Å². The first-order valence-corrected chi connectivity index (χ1v) is 29.5. The van der Waals surface area contributed by atoms with Crippen molar-refractivity contribution in [3.05, 3.63) is 291 Å². The molecule has 0 aliphatic carbocycles. The fraction of sp³-hybridized carbons (Fsp3) is 0. The minimum atomic E-state index is 0.539. The number of fused-ring (bicyclic) bond motifs is 12. The molecular weight excluding hydrogens is 1080 g/mol. The Morgan fingerprint density at radius 2 is 0.352 bits per heavy atom. The van der Waals surface area contributed by atoms with Crippen LogP contribution in [0, 0.1) is 0 Å². The lowest BCUT2D eigenvalue weighted by Gasteiger charge is -2.14. The third kappa shape index (κ3) is 7.82. The molecule has 88 heavy (non-hydrogen) atoms. The predicted molar refractivity (Wildman–Crippen MR) is 358 cm³/mol. The van der Waals surface area contributed by atoms with Gasteiger partial charge in [0.2, 0.25) is 23.8 Å². The van der Waals surface area contributed by atoms with Gasteiger partial charge in [-0.25, -0.2) is 0 Å². The smallest absolute Gasteiger partial charge is 0.240 e. The number of hydrogen-bond acceptors (Lipinski definition) is 6. The highest BCUT2D eigenvalue weighted by atomic mass is 15.3. The van der Waals surface area contributed by atoms with Crippen LogP contribution in [0.5, 0.6) is 0 Å². The summed E-state index contributed by atoms with van der Waals surface area (Å²) in [5.74, 6) is 3.29. The number of aromatic nitrogens is 10. The molecule has 18 rings (SSSR count). The van der Waals surface area contributed by atoms with E-state index in [1.807, 2.05) is 0 Å². The average molecular weight is 1130 g/mol. The second kappa shape index (κ2) is 19.7. The van der Waals surface area contributed by atoms with E-state index in [1.54, 1.807) is 0 Å². The lowest BCUT2D eigenvalue weighted by molar-refractivity contribution is 0.892. The molecule has 6 heterocycles. The van der Waals surface area contributed by atoms with Gasteiger partial charge in [0.15, 0.2) is 11.6 Å². The number of para-hydroxylation sites is 8. The third-order valence-electron chi connectivity index (χ3n) is 17.3. The summed E-state index contributed by atoms with van der Waals surface area (Å²) < 4.78 is 8.68. The topological polar surface area (TPSA) is 97.1 Å². The highest BCUT2D eigenvalue weighted by Crippen LogP contribution is 2.39. The maximum Gasteiger partial charge on any atom is 0.240 e. The zero-order chi connectivity index (χ0) is 57.8. The maximum absolute atomic E-state index is 5.37. The maximum atomic E-state index is 5.37. The molecule has 0 unspecified atom stereocenters. The van der Waals surface area contributed by atoms with E-state index in [2.05, 4.69) is 309 Å². The number of benzene rings is 12. The highest BCUT2D eigenvalue weighted by Gasteiger charge is 2.23. The Morgan fingerprint density at radius 3 is 0.591 bits per heavy atom. The molecule has 410 valence electrons. The van der Waals surface area contributed by atoms with Gasteiger partial charge in [0.1, 0.15) is 0 Å². The number of rotatable bonds is 9. The van der Waals surface area contributed by atoms with E-state index >= 15 is 0 Å². The zero-order valence-corrected chi connectivity index (χ0v) is 47.2. The van der Waals surface area contributed by atoms with Crippen molar-refractivity contribution < 1.29 is 0 Å². The summed E-state index contributed by atoms with van der Waals surface area (Å²) in [7, 11) is 0. The zero-order valence-electron chi connectivity index (χ0n) is 47.2. The van der Waals surface area contributed by atoms with Gasteiger partial charge in [-0.3, -0.25) is 18.3 Å². The summed E-state index contributed by atoms with van der Waals surface area (Å²) in [5.41, 5.74) is 16.4. The van der Waals surface area contributed by atoms with E-state index in [4.69, 9.17) is 29.9 Å². The molecule has 0 N–H and O–H groups in total. The molecule has 0 spiro atoms. The van der Waals surface area contributed by atoms with Gasteiger partial charge < -0.3 is 0 Å². The number of nitrogens with zero attached hydrogens (tertiary/aromatic N) is 10. The van der Waals surface area contributed by atoms with Gasteiger partial charge in [0.05, 0.1) is 44.1 Å². The van der Waals surface area contributed by atoms with Gasteiger partial charge in [-0.2, -0.15) is 29.9 Å². The van der Waals surface area contributed by atoms with Crippen LogP contribution in [-0.4, -0.2) is 48.2 Å². The Hall–Kier alpha value is -12.1. The van der Waals surface area contributed by atoms with Gasteiger partial charge in [-0.1, -0.05) is 224 Å². The van der Waals surface area contributed by atoms with Crippen LogP contribution in [0.1, 0.15) is 0 Å². The summed E-state index contributed by atoms with van der Waals surface area (Å²) in [5, 5.41) is 9.07. The van der Waals surface area contributed by atoms with Crippen LogP contribution in [0.25, 0.3) is 167 Å². The Kier molecular flexibility index (Phi) is 11.1. The van der Waals surface area contributed by atoms with E-state index in [9.17, 15) is 0 Å². The predicted octanol–water partition coefficient (Wildman–Crippen LogP) is 18.8. The molecular formula is C78H48N10. The van der Waals surface area contributed by atoms with E-state index in [-0.39, 0.29) is 0 Å². The molecule has 10 nitrogen and oxygen atoms in total. The first-order valence-electron chi connectivity index (χ1n) is 29.5. The molecule has 0 radical (unpaired) electrons. The van der Waals surface area contributed by atoms with E-state index in [1.165, 1.54) is 0 Å². The molecule has 0 saturated heterocycles. The molecule has 0 aliphatic heterocycles. The van der Waals surface area contributed by atoms with E-state index < -0.39 is 0 Å². The molecule has 0 aliphatic rings. The molecule has 0 saturated carbocycles. The quantitative estimate of drug-likeness (QED) is 0.143. The van der Waals surface area contributed by atoms with Crippen LogP contribution >= 0.6 is 0 Å². The molecule has 12 aromatic carbocycles. The fourth-order valence-corrected chi connectivity index (χ4v) is 13.3. The van der Waals surface area contributed by atoms with Gasteiger partial charge in [-0.15, -0.1) is 0 Å². The van der Waals surface area contributed by atoms with Crippen molar-refractivity contribution in [2.24, 2.45) is 0 Å². The first-order chi connectivity index (χ1) is 43.6. The Bertz CT molecular complexity index is 5000. The van der Waals surface area contributed by atoms with Crippen LogP contribution in [0.2, 0.25) is 0 Å². The largest absolute Gasteiger partial charge is 0.278 e. The van der Waals surface area contributed by atoms with E-state index in [0.717, 1.165) is 132 Å².